The molecule has 0 saturated heterocycles. The first-order valence-corrected chi connectivity index (χ1v) is 4.83. The standard InChI is InChI=1S/C10H18O4/c1-3-5-7-14-10(12)9(4-2)13-8-6-11/h4,11H,3,5-8H2,1-2H3. The number of ether oxygens (including phenoxy) is 2. The zero-order chi connectivity index (χ0) is 10.8. The summed E-state index contributed by atoms with van der Waals surface area (Å²) < 4.78 is 9.89. The predicted octanol–water partition coefficient (Wildman–Crippen LogP) is 1.24. The third-order valence-corrected chi connectivity index (χ3v) is 1.54. The van der Waals surface area contributed by atoms with Gasteiger partial charge in [-0.15, -0.1) is 0 Å². The zero-order valence-electron chi connectivity index (χ0n) is 8.78. The van der Waals surface area contributed by atoms with E-state index in [1.165, 1.54) is 6.08 Å². The van der Waals surface area contributed by atoms with Gasteiger partial charge in [-0.05, 0) is 19.4 Å². The Morgan fingerprint density at radius 2 is 2.07 bits per heavy atom. The van der Waals surface area contributed by atoms with E-state index in [0.29, 0.717) is 6.61 Å². The molecule has 0 spiro atoms. The quantitative estimate of drug-likeness (QED) is 0.292. The van der Waals surface area contributed by atoms with Crippen molar-refractivity contribution in [3.8, 4) is 0 Å². The third kappa shape index (κ3) is 5.59. The number of unbranched alkanes of at least 4 members (excludes halogenated alkanes) is 1. The van der Waals surface area contributed by atoms with Crippen LogP contribution in [0.1, 0.15) is 26.7 Å². The van der Waals surface area contributed by atoms with Gasteiger partial charge in [0.05, 0.1) is 13.2 Å². The highest BCUT2D eigenvalue weighted by Gasteiger charge is 2.10. The van der Waals surface area contributed by atoms with Gasteiger partial charge in [-0.3, -0.25) is 0 Å². The van der Waals surface area contributed by atoms with E-state index >= 15 is 0 Å². The molecule has 0 bridgehead atoms. The monoisotopic (exact) mass is 202 g/mol. The van der Waals surface area contributed by atoms with Gasteiger partial charge < -0.3 is 14.6 Å². The molecule has 0 fully saturated rings. The van der Waals surface area contributed by atoms with Crippen molar-refractivity contribution in [2.24, 2.45) is 0 Å². The van der Waals surface area contributed by atoms with Crippen LogP contribution < -0.4 is 0 Å². The first-order valence-electron chi connectivity index (χ1n) is 4.83. The van der Waals surface area contributed by atoms with Crippen LogP contribution in [-0.2, 0) is 14.3 Å². The Balaban J connectivity index is 3.81. The smallest absolute Gasteiger partial charge is 0.373 e. The number of aliphatic hydroxyl groups excluding tert-OH is 1. The molecule has 0 aromatic carbocycles. The second kappa shape index (κ2) is 8.56. The molecular weight excluding hydrogens is 184 g/mol. The van der Waals surface area contributed by atoms with Gasteiger partial charge in [-0.25, -0.2) is 4.79 Å². The molecule has 0 rings (SSSR count). The molecule has 0 aromatic heterocycles. The van der Waals surface area contributed by atoms with Gasteiger partial charge in [-0.2, -0.15) is 0 Å². The predicted molar refractivity (Wildman–Crippen MR) is 52.7 cm³/mol. The number of hydrogen-bond acceptors (Lipinski definition) is 4. The van der Waals surface area contributed by atoms with Crippen LogP contribution in [0.25, 0.3) is 0 Å². The SMILES string of the molecule is CC=C(OCCO)C(=O)OCCCC. The van der Waals surface area contributed by atoms with E-state index in [0.717, 1.165) is 12.8 Å². The van der Waals surface area contributed by atoms with Gasteiger partial charge >= 0.3 is 5.97 Å². The van der Waals surface area contributed by atoms with Crippen LogP contribution in [0.3, 0.4) is 0 Å². The summed E-state index contributed by atoms with van der Waals surface area (Å²) >= 11 is 0. The summed E-state index contributed by atoms with van der Waals surface area (Å²) in [6.45, 7) is 4.12. The highest BCUT2D eigenvalue weighted by atomic mass is 16.6. The number of esters is 1. The van der Waals surface area contributed by atoms with E-state index in [1.807, 2.05) is 6.92 Å². The first-order chi connectivity index (χ1) is 6.76. The van der Waals surface area contributed by atoms with Crippen LogP contribution in [-0.4, -0.2) is 30.9 Å². The van der Waals surface area contributed by atoms with E-state index in [2.05, 4.69) is 0 Å². The van der Waals surface area contributed by atoms with Crippen molar-refractivity contribution in [1.29, 1.82) is 0 Å². The van der Waals surface area contributed by atoms with Crippen LogP contribution >= 0.6 is 0 Å². The molecule has 0 atom stereocenters. The van der Waals surface area contributed by atoms with Gasteiger partial charge in [-0.1, -0.05) is 13.3 Å². The summed E-state index contributed by atoms with van der Waals surface area (Å²) in [5.41, 5.74) is 0. The van der Waals surface area contributed by atoms with Crippen molar-refractivity contribution in [1.82, 2.24) is 0 Å². The molecule has 0 unspecified atom stereocenters. The van der Waals surface area contributed by atoms with Crippen molar-refractivity contribution in [3.63, 3.8) is 0 Å². The van der Waals surface area contributed by atoms with E-state index in [-0.39, 0.29) is 19.0 Å². The lowest BCUT2D eigenvalue weighted by Crippen LogP contribution is -2.13. The molecule has 0 aliphatic rings. The summed E-state index contributed by atoms with van der Waals surface area (Å²) in [6, 6.07) is 0. The van der Waals surface area contributed by atoms with Crippen LogP contribution in [0.15, 0.2) is 11.8 Å². The highest BCUT2D eigenvalue weighted by Crippen LogP contribution is 2.01. The fourth-order valence-electron chi connectivity index (χ4n) is 0.796. The highest BCUT2D eigenvalue weighted by molar-refractivity contribution is 5.86. The average Bonchev–Trinajstić information content (AvgIpc) is 2.19. The molecule has 0 aromatic rings. The van der Waals surface area contributed by atoms with Gasteiger partial charge in [0.1, 0.15) is 6.61 Å². The van der Waals surface area contributed by atoms with Gasteiger partial charge in [0.2, 0.25) is 0 Å². The molecule has 4 heteroatoms. The van der Waals surface area contributed by atoms with Crippen LogP contribution in [0.4, 0.5) is 0 Å². The Kier molecular flexibility index (Phi) is 7.93. The molecule has 0 heterocycles. The van der Waals surface area contributed by atoms with Crippen molar-refractivity contribution in [2.75, 3.05) is 19.8 Å². The summed E-state index contributed by atoms with van der Waals surface area (Å²) in [5, 5.41) is 8.50. The van der Waals surface area contributed by atoms with E-state index in [1.54, 1.807) is 6.92 Å². The largest absolute Gasteiger partial charge is 0.484 e. The minimum absolute atomic E-state index is 0.112. The molecule has 0 saturated carbocycles. The number of carbonyl (C=O) groups excluding carboxylic acids is 1. The normalized spacial score (nSPS) is 11.2. The maximum Gasteiger partial charge on any atom is 0.373 e. The molecule has 0 aliphatic heterocycles. The lowest BCUT2D eigenvalue weighted by Gasteiger charge is -2.08. The summed E-state index contributed by atoms with van der Waals surface area (Å²) in [4.78, 5) is 11.3. The van der Waals surface area contributed by atoms with Crippen LogP contribution in [0, 0.1) is 0 Å². The van der Waals surface area contributed by atoms with Gasteiger partial charge in [0, 0.05) is 0 Å². The number of rotatable bonds is 7. The molecule has 14 heavy (non-hydrogen) atoms. The van der Waals surface area contributed by atoms with Crippen molar-refractivity contribution in [3.05, 3.63) is 11.8 Å². The Morgan fingerprint density at radius 3 is 2.57 bits per heavy atom. The Morgan fingerprint density at radius 1 is 1.36 bits per heavy atom. The van der Waals surface area contributed by atoms with E-state index < -0.39 is 5.97 Å². The minimum Gasteiger partial charge on any atom is -0.484 e. The number of carbonyl (C=O) groups is 1. The third-order valence-electron chi connectivity index (χ3n) is 1.54. The summed E-state index contributed by atoms with van der Waals surface area (Å²) in [7, 11) is 0. The minimum atomic E-state index is -0.464. The molecule has 1 N–H and O–H groups in total. The topological polar surface area (TPSA) is 55.8 Å². The average molecular weight is 202 g/mol. The molecule has 4 nitrogen and oxygen atoms in total. The van der Waals surface area contributed by atoms with E-state index in [9.17, 15) is 4.79 Å². The fraction of sp³-hybridized carbons (Fsp3) is 0.700. The molecule has 0 aliphatic carbocycles. The lowest BCUT2D eigenvalue weighted by atomic mass is 10.4. The Hall–Kier alpha value is -1.03. The van der Waals surface area contributed by atoms with Crippen LogP contribution in [0.2, 0.25) is 0 Å². The van der Waals surface area contributed by atoms with Gasteiger partial charge in [0.25, 0.3) is 0 Å². The zero-order valence-corrected chi connectivity index (χ0v) is 8.78. The molecule has 0 amide bonds. The first kappa shape index (κ1) is 13.0. The summed E-state index contributed by atoms with van der Waals surface area (Å²) in [6.07, 6.45) is 3.36. The fourth-order valence-corrected chi connectivity index (χ4v) is 0.796. The van der Waals surface area contributed by atoms with E-state index in [4.69, 9.17) is 14.6 Å². The molecule has 0 radical (unpaired) electrons. The number of aliphatic hydroxyl groups is 1. The van der Waals surface area contributed by atoms with Crippen molar-refractivity contribution in [2.45, 2.75) is 26.7 Å². The van der Waals surface area contributed by atoms with Gasteiger partial charge in [0.15, 0.2) is 5.76 Å². The number of hydrogen-bond donors (Lipinski definition) is 1. The Bertz CT molecular complexity index is 187. The maximum atomic E-state index is 11.3. The lowest BCUT2D eigenvalue weighted by molar-refractivity contribution is -0.143. The second-order valence-electron chi connectivity index (χ2n) is 2.71. The molecular formula is C10H18O4. The summed E-state index contributed by atoms with van der Waals surface area (Å²) in [5.74, 6) is -0.301. The van der Waals surface area contributed by atoms with Crippen LogP contribution in [0.5, 0.6) is 0 Å². The molecule has 82 valence electrons. The van der Waals surface area contributed by atoms with Crippen molar-refractivity contribution >= 4 is 5.97 Å². The number of allylic oxidation sites excluding steroid dienone is 1. The maximum absolute atomic E-state index is 11.3. The Labute approximate surface area is 84.5 Å². The second-order valence-corrected chi connectivity index (χ2v) is 2.71. The van der Waals surface area contributed by atoms with Crippen molar-refractivity contribution < 1.29 is 19.4 Å².